The van der Waals surface area contributed by atoms with E-state index < -0.39 is 0 Å². The van der Waals surface area contributed by atoms with E-state index in [2.05, 4.69) is 20.9 Å². The van der Waals surface area contributed by atoms with E-state index in [1.165, 1.54) is 11.3 Å². The van der Waals surface area contributed by atoms with E-state index in [0.29, 0.717) is 12.2 Å². The van der Waals surface area contributed by atoms with E-state index in [1.807, 2.05) is 31.2 Å². The third kappa shape index (κ3) is 3.65. The smallest absolute Gasteiger partial charge is 0.273 e. The number of amides is 1. The summed E-state index contributed by atoms with van der Waals surface area (Å²) in [7, 11) is 1.77. The first kappa shape index (κ1) is 15.2. The lowest BCUT2D eigenvalue weighted by Gasteiger charge is -2.16. The van der Waals surface area contributed by atoms with Crippen molar-refractivity contribution in [3.8, 4) is 0 Å². The zero-order valence-electron chi connectivity index (χ0n) is 11.3. The second kappa shape index (κ2) is 6.47. The van der Waals surface area contributed by atoms with Crippen molar-refractivity contribution in [1.82, 2.24) is 9.88 Å². The SMILES string of the molecule is CC(N)c1nc(C(=O)N(C)Cc2cccc(Br)c2)cs1. The summed E-state index contributed by atoms with van der Waals surface area (Å²) >= 11 is 4.85. The molecule has 2 aromatic rings. The van der Waals surface area contributed by atoms with Crippen LogP contribution in [0.5, 0.6) is 0 Å². The normalized spacial score (nSPS) is 12.2. The summed E-state index contributed by atoms with van der Waals surface area (Å²) in [6, 6.07) is 7.76. The molecule has 20 heavy (non-hydrogen) atoms. The van der Waals surface area contributed by atoms with E-state index in [1.54, 1.807) is 17.3 Å². The van der Waals surface area contributed by atoms with Crippen molar-refractivity contribution in [1.29, 1.82) is 0 Å². The maximum absolute atomic E-state index is 12.3. The fourth-order valence-electron chi connectivity index (χ4n) is 1.77. The molecule has 0 saturated heterocycles. The van der Waals surface area contributed by atoms with Crippen LogP contribution in [-0.2, 0) is 6.54 Å². The molecule has 2 N–H and O–H groups in total. The van der Waals surface area contributed by atoms with Crippen molar-refractivity contribution < 1.29 is 4.79 Å². The predicted octanol–water partition coefficient (Wildman–Crippen LogP) is 3.20. The van der Waals surface area contributed by atoms with Crippen LogP contribution >= 0.6 is 27.3 Å². The first-order chi connectivity index (χ1) is 9.47. The Kier molecular flexibility index (Phi) is 4.91. The Balaban J connectivity index is 2.08. The van der Waals surface area contributed by atoms with Crippen LogP contribution in [0.3, 0.4) is 0 Å². The molecule has 0 aliphatic heterocycles. The maximum atomic E-state index is 12.3. The van der Waals surface area contributed by atoms with Crippen LogP contribution in [0.1, 0.15) is 34.0 Å². The molecule has 1 aromatic heterocycles. The van der Waals surface area contributed by atoms with Crippen LogP contribution in [0.25, 0.3) is 0 Å². The number of carbonyl (C=O) groups excluding carboxylic acids is 1. The summed E-state index contributed by atoms with van der Waals surface area (Å²) in [4.78, 5) is 18.2. The highest BCUT2D eigenvalue weighted by Gasteiger charge is 2.16. The summed E-state index contributed by atoms with van der Waals surface area (Å²) in [6.45, 7) is 2.40. The van der Waals surface area contributed by atoms with Crippen molar-refractivity contribution in [3.05, 3.63) is 50.4 Å². The van der Waals surface area contributed by atoms with E-state index in [-0.39, 0.29) is 11.9 Å². The van der Waals surface area contributed by atoms with E-state index >= 15 is 0 Å². The lowest BCUT2D eigenvalue weighted by Crippen LogP contribution is -2.26. The third-order valence-corrected chi connectivity index (χ3v) is 4.32. The zero-order valence-corrected chi connectivity index (χ0v) is 13.7. The molecule has 2 rings (SSSR count). The van der Waals surface area contributed by atoms with E-state index in [9.17, 15) is 4.79 Å². The number of nitrogens with two attached hydrogens (primary N) is 1. The van der Waals surface area contributed by atoms with Gasteiger partial charge in [-0.25, -0.2) is 4.98 Å². The van der Waals surface area contributed by atoms with Crippen molar-refractivity contribution >= 4 is 33.2 Å². The topological polar surface area (TPSA) is 59.2 Å². The van der Waals surface area contributed by atoms with Gasteiger partial charge < -0.3 is 10.6 Å². The highest BCUT2D eigenvalue weighted by molar-refractivity contribution is 9.10. The molecule has 0 radical (unpaired) electrons. The number of aromatic nitrogens is 1. The molecule has 0 fully saturated rings. The van der Waals surface area contributed by atoms with Gasteiger partial charge in [0.2, 0.25) is 0 Å². The van der Waals surface area contributed by atoms with Crippen LogP contribution in [0.2, 0.25) is 0 Å². The molecule has 106 valence electrons. The van der Waals surface area contributed by atoms with Gasteiger partial charge in [-0.2, -0.15) is 0 Å². The summed E-state index contributed by atoms with van der Waals surface area (Å²) < 4.78 is 1.00. The van der Waals surface area contributed by atoms with Gasteiger partial charge in [0.05, 0.1) is 6.04 Å². The van der Waals surface area contributed by atoms with E-state index in [0.717, 1.165) is 15.0 Å². The minimum atomic E-state index is -0.142. The lowest BCUT2D eigenvalue weighted by atomic mass is 10.2. The standard InChI is InChI=1S/C14H16BrN3OS/c1-9(16)13-17-12(8-20-13)14(19)18(2)7-10-4-3-5-11(15)6-10/h3-6,8-9H,7,16H2,1-2H3. The monoisotopic (exact) mass is 353 g/mol. The van der Waals surface area contributed by atoms with Crippen LogP contribution in [0.15, 0.2) is 34.1 Å². The highest BCUT2D eigenvalue weighted by Crippen LogP contribution is 2.18. The molecule has 0 aliphatic rings. The summed E-state index contributed by atoms with van der Waals surface area (Å²) in [6.07, 6.45) is 0. The van der Waals surface area contributed by atoms with Crippen molar-refractivity contribution in [2.45, 2.75) is 19.5 Å². The zero-order chi connectivity index (χ0) is 14.7. The highest BCUT2D eigenvalue weighted by atomic mass is 79.9. The Labute approximate surface area is 130 Å². The van der Waals surface area contributed by atoms with Gasteiger partial charge in [-0.05, 0) is 24.6 Å². The molecule has 4 nitrogen and oxygen atoms in total. The predicted molar refractivity (Wildman–Crippen MR) is 84.7 cm³/mol. The minimum absolute atomic E-state index is 0.0897. The van der Waals surface area contributed by atoms with Crippen LogP contribution in [0, 0.1) is 0 Å². The molecule has 0 saturated carbocycles. The number of halogens is 1. The van der Waals surface area contributed by atoms with Gasteiger partial charge in [-0.15, -0.1) is 11.3 Å². The Morgan fingerprint density at radius 1 is 1.55 bits per heavy atom. The third-order valence-electron chi connectivity index (χ3n) is 2.79. The Morgan fingerprint density at radius 2 is 2.30 bits per heavy atom. The first-order valence-corrected chi connectivity index (χ1v) is 7.85. The van der Waals surface area contributed by atoms with Gasteiger partial charge in [0.1, 0.15) is 10.7 Å². The fourth-order valence-corrected chi connectivity index (χ4v) is 2.97. The molecule has 0 bridgehead atoms. The summed E-state index contributed by atoms with van der Waals surface area (Å²) in [5.74, 6) is -0.0897. The molecular formula is C14H16BrN3OS. The summed E-state index contributed by atoms with van der Waals surface area (Å²) in [5.41, 5.74) is 7.29. The number of hydrogen-bond donors (Lipinski definition) is 1. The quantitative estimate of drug-likeness (QED) is 0.917. The van der Waals surface area contributed by atoms with Gasteiger partial charge >= 0.3 is 0 Å². The van der Waals surface area contributed by atoms with Gasteiger partial charge in [-0.3, -0.25) is 4.79 Å². The molecule has 1 unspecified atom stereocenters. The van der Waals surface area contributed by atoms with Gasteiger partial charge in [0, 0.05) is 23.4 Å². The molecule has 6 heteroatoms. The van der Waals surface area contributed by atoms with Gasteiger partial charge in [0.25, 0.3) is 5.91 Å². The molecule has 1 amide bonds. The number of thiazole rings is 1. The van der Waals surface area contributed by atoms with Crippen molar-refractivity contribution in [2.24, 2.45) is 5.73 Å². The molecule has 0 spiro atoms. The second-order valence-electron chi connectivity index (χ2n) is 4.65. The largest absolute Gasteiger partial charge is 0.336 e. The Hall–Kier alpha value is -1.24. The van der Waals surface area contributed by atoms with Crippen LogP contribution < -0.4 is 5.73 Å². The molecule has 0 aliphatic carbocycles. The number of carbonyl (C=O) groups is 1. The minimum Gasteiger partial charge on any atom is -0.336 e. The van der Waals surface area contributed by atoms with Crippen LogP contribution in [-0.4, -0.2) is 22.8 Å². The maximum Gasteiger partial charge on any atom is 0.273 e. The second-order valence-corrected chi connectivity index (χ2v) is 6.46. The number of benzene rings is 1. The molecule has 1 heterocycles. The number of rotatable bonds is 4. The van der Waals surface area contributed by atoms with Gasteiger partial charge in [0.15, 0.2) is 0 Å². The average Bonchev–Trinajstić information content (AvgIpc) is 2.87. The van der Waals surface area contributed by atoms with Crippen LogP contribution in [0.4, 0.5) is 0 Å². The Morgan fingerprint density at radius 3 is 2.90 bits per heavy atom. The lowest BCUT2D eigenvalue weighted by molar-refractivity contribution is 0.0780. The molecule has 1 aromatic carbocycles. The molecular weight excluding hydrogens is 338 g/mol. The van der Waals surface area contributed by atoms with Crippen molar-refractivity contribution in [3.63, 3.8) is 0 Å². The average molecular weight is 354 g/mol. The van der Waals surface area contributed by atoms with Crippen molar-refractivity contribution in [2.75, 3.05) is 7.05 Å². The first-order valence-electron chi connectivity index (χ1n) is 6.18. The number of nitrogens with zero attached hydrogens (tertiary/aromatic N) is 2. The van der Waals surface area contributed by atoms with E-state index in [4.69, 9.17) is 5.73 Å². The summed E-state index contributed by atoms with van der Waals surface area (Å²) in [5, 5.41) is 2.54. The Bertz CT molecular complexity index is 612. The fraction of sp³-hybridized carbons (Fsp3) is 0.286. The van der Waals surface area contributed by atoms with Gasteiger partial charge in [-0.1, -0.05) is 28.1 Å². The number of hydrogen-bond acceptors (Lipinski definition) is 4. The molecule has 1 atom stereocenters.